The first-order valence-electron chi connectivity index (χ1n) is 9.30. The average Bonchev–Trinajstić information content (AvgIpc) is 2.68. The Hall–Kier alpha value is -2.41. The average molecular weight is 356 g/mol. The van der Waals surface area contributed by atoms with Gasteiger partial charge in [-0.25, -0.2) is 14.4 Å². The summed E-state index contributed by atoms with van der Waals surface area (Å²) in [4.78, 5) is 13.8. The summed E-state index contributed by atoms with van der Waals surface area (Å²) < 4.78 is 13.6. The quantitative estimate of drug-likeness (QED) is 0.877. The van der Waals surface area contributed by atoms with Crippen molar-refractivity contribution >= 4 is 17.3 Å². The lowest BCUT2D eigenvalue weighted by molar-refractivity contribution is 0.489. The Morgan fingerprint density at radius 1 is 1.08 bits per heavy atom. The molecular weight excluding hydrogens is 331 g/mol. The first kappa shape index (κ1) is 17.0. The molecule has 7 heteroatoms. The van der Waals surface area contributed by atoms with Crippen molar-refractivity contribution in [3.8, 4) is 0 Å². The number of hydrogen-bond acceptors (Lipinski definition) is 6. The number of nitrogens with one attached hydrogen (secondary N) is 1. The fraction of sp³-hybridized carbons (Fsp3) is 0.474. The second-order valence-electron chi connectivity index (χ2n) is 7.01. The molecule has 1 atom stereocenters. The normalized spacial score (nSPS) is 21.0. The number of halogens is 1. The summed E-state index contributed by atoms with van der Waals surface area (Å²) in [6.07, 6.45) is 2.05. The van der Waals surface area contributed by atoms with Crippen LogP contribution in [0.1, 0.15) is 24.6 Å². The summed E-state index contributed by atoms with van der Waals surface area (Å²) in [6, 6.07) is 8.65. The molecule has 0 spiro atoms. The monoisotopic (exact) mass is 356 g/mol. The molecule has 1 aromatic heterocycles. The Bertz CT molecular complexity index is 761. The molecule has 6 nitrogen and oxygen atoms in total. The molecule has 26 heavy (non-hydrogen) atoms. The van der Waals surface area contributed by atoms with Gasteiger partial charge in [0.25, 0.3) is 0 Å². The third-order valence-electron chi connectivity index (χ3n) is 5.15. The molecule has 0 bridgehead atoms. The lowest BCUT2D eigenvalue weighted by Gasteiger charge is -2.34. The van der Waals surface area contributed by atoms with Crippen LogP contribution in [0.4, 0.5) is 21.7 Å². The molecule has 3 heterocycles. The topological polar surface area (TPSA) is 70.3 Å². The molecule has 0 amide bonds. The summed E-state index contributed by atoms with van der Waals surface area (Å²) in [5.41, 5.74) is 7.00. The first-order valence-corrected chi connectivity index (χ1v) is 9.30. The Balaban J connectivity index is 1.55. The Labute approximate surface area is 153 Å². The highest BCUT2D eigenvalue weighted by molar-refractivity contribution is 5.49. The van der Waals surface area contributed by atoms with Gasteiger partial charge >= 0.3 is 0 Å². The van der Waals surface area contributed by atoms with Crippen molar-refractivity contribution in [1.29, 1.82) is 0 Å². The zero-order valence-electron chi connectivity index (χ0n) is 14.9. The largest absolute Gasteiger partial charge is 0.384 e. The number of piperazine rings is 1. The van der Waals surface area contributed by atoms with Gasteiger partial charge in [0.2, 0.25) is 0 Å². The molecule has 2 aliphatic heterocycles. The molecule has 2 aliphatic rings. The molecule has 138 valence electrons. The standard InChI is InChI=1S/C19H25FN6/c20-15-4-1-5-16(11-15)26-8-2-3-14(13-26)19-23-17(21)12-18(24-19)25-9-6-22-7-10-25/h1,4-5,11-12,14,22H,2-3,6-10,13H2,(H2,21,23,24). The third kappa shape index (κ3) is 3.72. The van der Waals surface area contributed by atoms with Crippen molar-refractivity contribution < 1.29 is 4.39 Å². The number of nitrogens with two attached hydrogens (primary N) is 1. The first-order chi connectivity index (χ1) is 12.7. The number of benzene rings is 1. The number of aromatic nitrogens is 2. The van der Waals surface area contributed by atoms with Crippen LogP contribution in [0.5, 0.6) is 0 Å². The maximum atomic E-state index is 13.6. The van der Waals surface area contributed by atoms with Gasteiger partial charge in [-0.05, 0) is 31.0 Å². The molecule has 0 aliphatic carbocycles. The van der Waals surface area contributed by atoms with Crippen molar-refractivity contribution in [3.63, 3.8) is 0 Å². The predicted octanol–water partition coefficient (Wildman–Crippen LogP) is 1.99. The molecular formula is C19H25FN6. The Morgan fingerprint density at radius 2 is 1.92 bits per heavy atom. The molecule has 4 rings (SSSR count). The molecule has 2 saturated heterocycles. The lowest BCUT2D eigenvalue weighted by atomic mass is 9.96. The van der Waals surface area contributed by atoms with Crippen LogP contribution in [0.15, 0.2) is 30.3 Å². The zero-order chi connectivity index (χ0) is 17.9. The fourth-order valence-corrected chi connectivity index (χ4v) is 3.81. The summed E-state index contributed by atoms with van der Waals surface area (Å²) >= 11 is 0. The molecule has 1 unspecified atom stereocenters. The number of anilines is 3. The smallest absolute Gasteiger partial charge is 0.137 e. The maximum absolute atomic E-state index is 13.6. The molecule has 0 radical (unpaired) electrons. The minimum absolute atomic E-state index is 0.203. The highest BCUT2D eigenvalue weighted by Crippen LogP contribution is 2.30. The van der Waals surface area contributed by atoms with E-state index in [0.29, 0.717) is 5.82 Å². The minimum atomic E-state index is -0.203. The van der Waals surface area contributed by atoms with Gasteiger partial charge < -0.3 is 20.9 Å². The van der Waals surface area contributed by atoms with Crippen LogP contribution in [-0.2, 0) is 0 Å². The summed E-state index contributed by atoms with van der Waals surface area (Å²) in [5.74, 6) is 2.24. The van der Waals surface area contributed by atoms with Gasteiger partial charge in [-0.15, -0.1) is 0 Å². The number of hydrogen-bond donors (Lipinski definition) is 2. The second-order valence-corrected chi connectivity index (χ2v) is 7.01. The second kappa shape index (κ2) is 7.45. The van der Waals surface area contributed by atoms with Gasteiger partial charge in [0.1, 0.15) is 23.3 Å². The summed E-state index contributed by atoms with van der Waals surface area (Å²) in [6.45, 7) is 5.47. The fourth-order valence-electron chi connectivity index (χ4n) is 3.81. The lowest BCUT2D eigenvalue weighted by Crippen LogP contribution is -2.44. The van der Waals surface area contributed by atoms with Crippen LogP contribution in [0, 0.1) is 5.82 Å². The van der Waals surface area contributed by atoms with E-state index in [2.05, 4.69) is 20.1 Å². The van der Waals surface area contributed by atoms with Gasteiger partial charge in [0.15, 0.2) is 0 Å². The van der Waals surface area contributed by atoms with Crippen LogP contribution >= 0.6 is 0 Å². The number of piperidine rings is 1. The Morgan fingerprint density at radius 3 is 2.73 bits per heavy atom. The van der Waals surface area contributed by atoms with Crippen LogP contribution in [0.25, 0.3) is 0 Å². The number of rotatable bonds is 3. The van der Waals surface area contributed by atoms with Gasteiger partial charge in [-0.1, -0.05) is 6.07 Å². The summed E-state index contributed by atoms with van der Waals surface area (Å²) in [5, 5.41) is 3.35. The van der Waals surface area contributed by atoms with Crippen molar-refractivity contribution in [2.24, 2.45) is 0 Å². The van der Waals surface area contributed by atoms with E-state index in [1.807, 2.05) is 12.1 Å². The number of nitrogen functional groups attached to an aromatic ring is 1. The van der Waals surface area contributed by atoms with E-state index in [1.54, 1.807) is 12.1 Å². The highest BCUT2D eigenvalue weighted by atomic mass is 19.1. The van der Waals surface area contributed by atoms with E-state index in [1.165, 1.54) is 6.07 Å². The van der Waals surface area contributed by atoms with Crippen molar-refractivity contribution in [2.75, 3.05) is 54.8 Å². The van der Waals surface area contributed by atoms with Gasteiger partial charge in [0.05, 0.1) is 0 Å². The van der Waals surface area contributed by atoms with E-state index in [0.717, 1.165) is 69.4 Å². The molecule has 2 aromatic rings. The zero-order valence-corrected chi connectivity index (χ0v) is 14.9. The van der Waals surface area contributed by atoms with Crippen LogP contribution in [-0.4, -0.2) is 49.2 Å². The SMILES string of the molecule is Nc1cc(N2CCNCC2)nc(C2CCCN(c3cccc(F)c3)C2)n1. The van der Waals surface area contributed by atoms with Crippen LogP contribution in [0.3, 0.4) is 0 Å². The molecule has 2 fully saturated rings. The van der Waals surface area contributed by atoms with Gasteiger partial charge in [-0.3, -0.25) is 0 Å². The van der Waals surface area contributed by atoms with E-state index >= 15 is 0 Å². The van der Waals surface area contributed by atoms with E-state index < -0.39 is 0 Å². The highest BCUT2D eigenvalue weighted by Gasteiger charge is 2.25. The van der Waals surface area contributed by atoms with Crippen LogP contribution < -0.4 is 20.9 Å². The third-order valence-corrected chi connectivity index (χ3v) is 5.15. The van der Waals surface area contributed by atoms with Gasteiger partial charge in [-0.2, -0.15) is 0 Å². The van der Waals surface area contributed by atoms with E-state index in [4.69, 9.17) is 10.7 Å². The maximum Gasteiger partial charge on any atom is 0.137 e. The molecule has 3 N–H and O–H groups in total. The van der Waals surface area contributed by atoms with Crippen molar-refractivity contribution in [2.45, 2.75) is 18.8 Å². The van der Waals surface area contributed by atoms with E-state index in [-0.39, 0.29) is 11.7 Å². The minimum Gasteiger partial charge on any atom is -0.384 e. The van der Waals surface area contributed by atoms with E-state index in [9.17, 15) is 4.39 Å². The molecule has 1 aromatic carbocycles. The van der Waals surface area contributed by atoms with Crippen molar-refractivity contribution in [1.82, 2.24) is 15.3 Å². The predicted molar refractivity (Wildman–Crippen MR) is 102 cm³/mol. The summed E-state index contributed by atoms with van der Waals surface area (Å²) in [7, 11) is 0. The van der Waals surface area contributed by atoms with Gasteiger partial charge in [0, 0.05) is 56.9 Å². The Kier molecular flexibility index (Phi) is 4.88. The van der Waals surface area contributed by atoms with Crippen molar-refractivity contribution in [3.05, 3.63) is 42.0 Å². The molecule has 0 saturated carbocycles. The number of nitrogens with zero attached hydrogens (tertiary/aromatic N) is 4. The van der Waals surface area contributed by atoms with Crippen LogP contribution in [0.2, 0.25) is 0 Å².